The summed E-state index contributed by atoms with van der Waals surface area (Å²) in [5.41, 5.74) is -2.08. The van der Waals surface area contributed by atoms with Crippen molar-refractivity contribution in [1.29, 1.82) is 0 Å². The van der Waals surface area contributed by atoms with Gasteiger partial charge in [0.1, 0.15) is 5.54 Å². The molecule has 1 aliphatic carbocycles. The van der Waals surface area contributed by atoms with Crippen LogP contribution >= 0.6 is 0 Å². The highest BCUT2D eigenvalue weighted by Gasteiger charge is 2.69. The van der Waals surface area contributed by atoms with E-state index in [1.54, 1.807) is 0 Å². The van der Waals surface area contributed by atoms with E-state index in [9.17, 15) is 22.8 Å². The van der Waals surface area contributed by atoms with Gasteiger partial charge in [0.15, 0.2) is 0 Å². The third-order valence-corrected chi connectivity index (χ3v) is 3.24. The van der Waals surface area contributed by atoms with E-state index >= 15 is 0 Å². The lowest BCUT2D eigenvalue weighted by atomic mass is 10.1. The molecule has 4 nitrogen and oxygen atoms in total. The molecule has 1 saturated carbocycles. The van der Waals surface area contributed by atoms with Gasteiger partial charge in [0.2, 0.25) is 5.91 Å². The van der Waals surface area contributed by atoms with Crippen molar-refractivity contribution in [2.24, 2.45) is 5.92 Å². The van der Waals surface area contributed by atoms with Gasteiger partial charge in [0.25, 0.3) is 0 Å². The van der Waals surface area contributed by atoms with Gasteiger partial charge in [-0.1, -0.05) is 0 Å². The first-order chi connectivity index (χ1) is 7.28. The first-order valence-corrected chi connectivity index (χ1v) is 4.88. The van der Waals surface area contributed by atoms with E-state index in [1.165, 1.54) is 0 Å². The maximum atomic E-state index is 12.7. The van der Waals surface area contributed by atoms with Crippen LogP contribution < -0.4 is 0 Å². The maximum absolute atomic E-state index is 12.7. The van der Waals surface area contributed by atoms with Crippen LogP contribution in [0, 0.1) is 5.92 Å². The van der Waals surface area contributed by atoms with Crippen LogP contribution in [0.3, 0.4) is 0 Å². The molecule has 90 valence electrons. The summed E-state index contributed by atoms with van der Waals surface area (Å²) in [6.45, 7) is -0.326. The Morgan fingerprint density at radius 2 is 2.00 bits per heavy atom. The first-order valence-electron chi connectivity index (χ1n) is 4.88. The molecule has 16 heavy (non-hydrogen) atoms. The van der Waals surface area contributed by atoms with Crippen molar-refractivity contribution in [3.63, 3.8) is 0 Å². The predicted octanol–water partition coefficient (Wildman–Crippen LogP) is 1.01. The molecule has 1 aliphatic heterocycles. The number of halogens is 3. The second-order valence-electron chi connectivity index (χ2n) is 4.27. The Labute approximate surface area is 89.0 Å². The van der Waals surface area contributed by atoms with Crippen LogP contribution in [-0.4, -0.2) is 40.1 Å². The largest absolute Gasteiger partial charge is 0.481 e. The molecule has 0 radical (unpaired) electrons. The Morgan fingerprint density at radius 3 is 2.31 bits per heavy atom. The number of likely N-dealkylation sites (tertiary alicyclic amines) is 1. The Hall–Kier alpha value is -1.27. The molecule has 0 bridgehead atoms. The molecule has 1 atom stereocenters. The van der Waals surface area contributed by atoms with Crippen LogP contribution in [0.2, 0.25) is 0 Å². The molecule has 7 heteroatoms. The fourth-order valence-electron chi connectivity index (χ4n) is 2.11. The quantitative estimate of drug-likeness (QED) is 0.779. The Bertz CT molecular complexity index is 348. The molecule has 1 N–H and O–H groups in total. The summed E-state index contributed by atoms with van der Waals surface area (Å²) in [7, 11) is 0. The number of rotatable bonds is 2. The van der Waals surface area contributed by atoms with Crippen molar-refractivity contribution in [2.45, 2.75) is 31.0 Å². The normalized spacial score (nSPS) is 28.3. The lowest BCUT2D eigenvalue weighted by molar-refractivity contribution is -0.197. The van der Waals surface area contributed by atoms with E-state index in [0.29, 0.717) is 4.90 Å². The van der Waals surface area contributed by atoms with Crippen molar-refractivity contribution in [3.8, 4) is 0 Å². The minimum absolute atomic E-state index is 0.116. The summed E-state index contributed by atoms with van der Waals surface area (Å²) >= 11 is 0. The van der Waals surface area contributed by atoms with Crippen LogP contribution in [0.5, 0.6) is 0 Å². The Balaban J connectivity index is 2.18. The predicted molar refractivity (Wildman–Crippen MR) is 45.5 cm³/mol. The summed E-state index contributed by atoms with van der Waals surface area (Å²) in [5, 5.41) is 8.68. The van der Waals surface area contributed by atoms with Gasteiger partial charge in [-0.2, -0.15) is 13.2 Å². The monoisotopic (exact) mass is 237 g/mol. The number of alkyl halides is 3. The zero-order valence-corrected chi connectivity index (χ0v) is 8.25. The van der Waals surface area contributed by atoms with E-state index in [2.05, 4.69) is 0 Å². The highest BCUT2D eigenvalue weighted by Crippen LogP contribution is 2.55. The van der Waals surface area contributed by atoms with E-state index in [4.69, 9.17) is 5.11 Å². The van der Waals surface area contributed by atoms with Crippen molar-refractivity contribution in [1.82, 2.24) is 4.90 Å². The van der Waals surface area contributed by atoms with Crippen LogP contribution in [0.4, 0.5) is 13.2 Å². The van der Waals surface area contributed by atoms with Gasteiger partial charge < -0.3 is 10.0 Å². The highest BCUT2D eigenvalue weighted by atomic mass is 19.4. The first kappa shape index (κ1) is 11.2. The van der Waals surface area contributed by atoms with Gasteiger partial charge in [-0.05, 0) is 12.8 Å². The second kappa shape index (κ2) is 3.11. The number of hydrogen-bond donors (Lipinski definition) is 1. The molecule has 1 heterocycles. The van der Waals surface area contributed by atoms with Crippen molar-refractivity contribution in [2.75, 3.05) is 6.54 Å². The van der Waals surface area contributed by atoms with Gasteiger partial charge in [-0.25, -0.2) is 0 Å². The minimum atomic E-state index is -4.46. The lowest BCUT2D eigenvalue weighted by Gasteiger charge is -2.29. The molecular formula is C9H10F3NO3. The molecular weight excluding hydrogens is 227 g/mol. The molecule has 2 aliphatic rings. The van der Waals surface area contributed by atoms with Gasteiger partial charge >= 0.3 is 12.1 Å². The Morgan fingerprint density at radius 1 is 1.44 bits per heavy atom. The van der Waals surface area contributed by atoms with Gasteiger partial charge in [0.05, 0.1) is 5.92 Å². The smallest absolute Gasteiger partial charge is 0.411 e. The zero-order chi connectivity index (χ0) is 12.1. The van der Waals surface area contributed by atoms with E-state index < -0.39 is 29.5 Å². The minimum Gasteiger partial charge on any atom is -0.481 e. The van der Waals surface area contributed by atoms with Crippen LogP contribution in [-0.2, 0) is 9.59 Å². The highest BCUT2D eigenvalue weighted by molar-refractivity contribution is 5.87. The second-order valence-corrected chi connectivity index (χ2v) is 4.27. The average Bonchev–Trinajstić information content (AvgIpc) is 2.84. The topological polar surface area (TPSA) is 57.6 Å². The number of carbonyl (C=O) groups excluding carboxylic acids is 1. The molecule has 1 amide bonds. The third-order valence-electron chi connectivity index (χ3n) is 3.24. The summed E-state index contributed by atoms with van der Waals surface area (Å²) < 4.78 is 38.1. The summed E-state index contributed by atoms with van der Waals surface area (Å²) in [5.74, 6) is -2.93. The SMILES string of the molecule is O=C(O)C1CC(=O)N(C2(C(F)(F)F)CC2)C1. The van der Waals surface area contributed by atoms with Crippen molar-refractivity contribution >= 4 is 11.9 Å². The van der Waals surface area contributed by atoms with Crippen LogP contribution in [0.25, 0.3) is 0 Å². The number of carboxylic acids is 1. The zero-order valence-electron chi connectivity index (χ0n) is 8.25. The van der Waals surface area contributed by atoms with E-state index in [-0.39, 0.29) is 25.8 Å². The third kappa shape index (κ3) is 1.45. The van der Waals surface area contributed by atoms with E-state index in [1.807, 2.05) is 0 Å². The summed E-state index contributed by atoms with van der Waals surface area (Å²) in [6.07, 6.45) is -5.02. The van der Waals surface area contributed by atoms with Crippen LogP contribution in [0.1, 0.15) is 19.3 Å². The number of hydrogen-bond acceptors (Lipinski definition) is 2. The number of carbonyl (C=O) groups is 2. The summed E-state index contributed by atoms with van der Waals surface area (Å²) in [6, 6.07) is 0. The standard InChI is InChI=1S/C9H10F3NO3/c10-9(11,12)8(1-2-8)13-4-5(7(15)16)3-6(13)14/h5H,1-4H2,(H,15,16). The molecule has 2 fully saturated rings. The lowest BCUT2D eigenvalue weighted by Crippen LogP contribution is -2.49. The average molecular weight is 237 g/mol. The van der Waals surface area contributed by atoms with Gasteiger partial charge in [-0.3, -0.25) is 9.59 Å². The molecule has 0 aromatic carbocycles. The van der Waals surface area contributed by atoms with Crippen molar-refractivity contribution < 1.29 is 27.9 Å². The van der Waals surface area contributed by atoms with E-state index in [0.717, 1.165) is 0 Å². The number of nitrogens with zero attached hydrogens (tertiary/aromatic N) is 1. The molecule has 1 saturated heterocycles. The molecule has 1 unspecified atom stereocenters. The molecule has 0 aromatic rings. The van der Waals surface area contributed by atoms with Crippen molar-refractivity contribution in [3.05, 3.63) is 0 Å². The molecule has 2 rings (SSSR count). The number of amides is 1. The van der Waals surface area contributed by atoms with Gasteiger partial charge in [0, 0.05) is 13.0 Å². The van der Waals surface area contributed by atoms with Crippen LogP contribution in [0.15, 0.2) is 0 Å². The fraction of sp³-hybridized carbons (Fsp3) is 0.778. The molecule has 0 aromatic heterocycles. The fourth-order valence-corrected chi connectivity index (χ4v) is 2.11. The number of aliphatic carboxylic acids is 1. The van der Waals surface area contributed by atoms with Gasteiger partial charge in [-0.15, -0.1) is 0 Å². The maximum Gasteiger partial charge on any atom is 0.411 e. The number of carboxylic acid groups (broad SMARTS) is 1. The molecule has 0 spiro atoms. The summed E-state index contributed by atoms with van der Waals surface area (Å²) in [4.78, 5) is 22.7. The Kier molecular flexibility index (Phi) is 2.18.